The fraction of sp³-hybridized carbons (Fsp3) is 0.444. The van der Waals surface area contributed by atoms with Crippen LogP contribution >= 0.6 is 0 Å². The third-order valence-electron chi connectivity index (χ3n) is 7.45. The number of alkyl carbamates (subject to hydrolysis) is 1. The molecule has 0 aliphatic heterocycles. The van der Waals surface area contributed by atoms with E-state index in [0.29, 0.717) is 12.8 Å². The molecule has 3 aliphatic carbocycles. The van der Waals surface area contributed by atoms with Gasteiger partial charge in [-0.05, 0) is 54.4 Å². The fourth-order valence-corrected chi connectivity index (χ4v) is 5.48. The summed E-state index contributed by atoms with van der Waals surface area (Å²) in [5.41, 5.74) is 4.10. The molecule has 2 aromatic carbocycles. The second-order valence-electron chi connectivity index (χ2n) is 9.87. The van der Waals surface area contributed by atoms with Gasteiger partial charge in [0.2, 0.25) is 5.91 Å². The van der Waals surface area contributed by atoms with E-state index in [-0.39, 0.29) is 30.9 Å². The summed E-state index contributed by atoms with van der Waals surface area (Å²) in [5.74, 6) is -1.35. The minimum absolute atomic E-state index is 0.00918. The highest BCUT2D eigenvalue weighted by Crippen LogP contribution is 2.44. The van der Waals surface area contributed by atoms with Crippen LogP contribution in [-0.4, -0.2) is 41.3 Å². The summed E-state index contributed by atoms with van der Waals surface area (Å²) >= 11 is 0. The van der Waals surface area contributed by atoms with Gasteiger partial charge >= 0.3 is 12.1 Å². The average molecular weight is 463 g/mol. The molecule has 5 rings (SSSR count). The van der Waals surface area contributed by atoms with E-state index in [0.717, 1.165) is 36.8 Å². The number of carboxylic acids is 1. The molecule has 0 saturated heterocycles. The summed E-state index contributed by atoms with van der Waals surface area (Å²) in [7, 11) is 0. The Balaban J connectivity index is 1.14. The lowest BCUT2D eigenvalue weighted by Crippen LogP contribution is -2.45. The highest BCUT2D eigenvalue weighted by molar-refractivity contribution is 5.81. The first-order chi connectivity index (χ1) is 16.4. The van der Waals surface area contributed by atoms with Crippen molar-refractivity contribution in [3.8, 4) is 11.1 Å². The quantitative estimate of drug-likeness (QED) is 0.572. The van der Waals surface area contributed by atoms with Crippen LogP contribution in [0.15, 0.2) is 48.5 Å². The number of amides is 2. The number of carbonyl (C=O) groups is 3. The number of carboxylic acid groups (broad SMARTS) is 1. The van der Waals surface area contributed by atoms with Crippen molar-refractivity contribution < 1.29 is 24.2 Å². The molecule has 0 radical (unpaired) electrons. The summed E-state index contributed by atoms with van der Waals surface area (Å²) < 4.78 is 5.64. The summed E-state index contributed by atoms with van der Waals surface area (Å²) in [6, 6.07) is 16.3. The summed E-state index contributed by atoms with van der Waals surface area (Å²) in [4.78, 5) is 36.5. The lowest BCUT2D eigenvalue weighted by atomic mass is 9.85. The number of hydrogen-bond acceptors (Lipinski definition) is 4. The Bertz CT molecular complexity index is 1060. The molecule has 3 aliphatic rings. The van der Waals surface area contributed by atoms with Crippen LogP contribution < -0.4 is 10.6 Å². The van der Waals surface area contributed by atoms with Crippen LogP contribution in [0.5, 0.6) is 0 Å². The third-order valence-corrected chi connectivity index (χ3v) is 7.45. The van der Waals surface area contributed by atoms with Gasteiger partial charge in [0.15, 0.2) is 0 Å². The van der Waals surface area contributed by atoms with Crippen molar-refractivity contribution in [2.45, 2.75) is 62.4 Å². The van der Waals surface area contributed by atoms with Gasteiger partial charge in [0, 0.05) is 18.4 Å². The van der Waals surface area contributed by atoms with Crippen LogP contribution in [-0.2, 0) is 14.3 Å². The Morgan fingerprint density at radius 1 is 0.971 bits per heavy atom. The standard InChI is InChI=1S/C27H30N2O5/c30-24(28-18-7-5-6-17(14-18)25(31)32)15-27(12-13-27)29-26(33)34-16-23-21-10-3-1-8-19(21)20-9-2-4-11-22(20)23/h1-4,8-11,17-18,23H,5-7,12-16H2,(H,28,30)(H,29,33)(H,31,32). The molecule has 2 saturated carbocycles. The SMILES string of the molecule is O=C(CC1(NC(=O)OCC2c3ccccc3-c3ccccc32)CC1)NC1CCCC(C(=O)O)C1. The van der Waals surface area contributed by atoms with Crippen molar-refractivity contribution >= 4 is 18.0 Å². The Hall–Kier alpha value is -3.35. The molecule has 2 fully saturated rings. The second-order valence-corrected chi connectivity index (χ2v) is 9.87. The lowest BCUT2D eigenvalue weighted by Gasteiger charge is -2.28. The van der Waals surface area contributed by atoms with Crippen molar-refractivity contribution in [2.24, 2.45) is 5.92 Å². The number of rotatable bonds is 7. The minimum Gasteiger partial charge on any atom is -0.481 e. The zero-order valence-corrected chi connectivity index (χ0v) is 19.1. The first-order valence-electron chi connectivity index (χ1n) is 12.1. The van der Waals surface area contributed by atoms with Gasteiger partial charge in [-0.3, -0.25) is 9.59 Å². The Morgan fingerprint density at radius 3 is 2.24 bits per heavy atom. The monoisotopic (exact) mass is 462 g/mol. The van der Waals surface area contributed by atoms with Crippen molar-refractivity contribution in [1.29, 1.82) is 0 Å². The predicted molar refractivity (Wildman–Crippen MR) is 126 cm³/mol. The molecule has 3 N–H and O–H groups in total. The first kappa shape index (κ1) is 22.4. The number of ether oxygens (including phenoxy) is 1. The third kappa shape index (κ3) is 4.65. The molecule has 0 spiro atoms. The summed E-state index contributed by atoms with van der Waals surface area (Å²) in [5, 5.41) is 15.1. The number of aliphatic carboxylic acids is 1. The van der Waals surface area contributed by atoms with Gasteiger partial charge in [0.1, 0.15) is 6.61 Å². The van der Waals surface area contributed by atoms with E-state index >= 15 is 0 Å². The van der Waals surface area contributed by atoms with Gasteiger partial charge in [-0.25, -0.2) is 4.79 Å². The van der Waals surface area contributed by atoms with Crippen molar-refractivity contribution in [1.82, 2.24) is 10.6 Å². The van der Waals surface area contributed by atoms with Gasteiger partial charge in [0.25, 0.3) is 0 Å². The largest absolute Gasteiger partial charge is 0.481 e. The van der Waals surface area contributed by atoms with Gasteiger partial charge in [-0.2, -0.15) is 0 Å². The highest BCUT2D eigenvalue weighted by Gasteiger charge is 2.46. The molecule has 7 nitrogen and oxygen atoms in total. The molecule has 2 unspecified atom stereocenters. The van der Waals surface area contributed by atoms with Gasteiger partial charge in [0.05, 0.1) is 11.5 Å². The van der Waals surface area contributed by atoms with Crippen LogP contribution in [0.1, 0.15) is 62.0 Å². The molecule has 0 aromatic heterocycles. The Kier molecular flexibility index (Phi) is 6.02. The van der Waals surface area contributed by atoms with E-state index < -0.39 is 23.5 Å². The van der Waals surface area contributed by atoms with Gasteiger partial charge < -0.3 is 20.5 Å². The van der Waals surface area contributed by atoms with Crippen molar-refractivity contribution in [2.75, 3.05) is 6.61 Å². The van der Waals surface area contributed by atoms with Crippen molar-refractivity contribution in [3.05, 3.63) is 59.7 Å². The molecular formula is C27H30N2O5. The van der Waals surface area contributed by atoms with Crippen LogP contribution in [0.4, 0.5) is 4.79 Å². The van der Waals surface area contributed by atoms with Crippen LogP contribution in [0, 0.1) is 5.92 Å². The van der Waals surface area contributed by atoms with Crippen molar-refractivity contribution in [3.63, 3.8) is 0 Å². The van der Waals surface area contributed by atoms with E-state index in [1.807, 2.05) is 24.3 Å². The first-order valence-corrected chi connectivity index (χ1v) is 12.1. The molecule has 178 valence electrons. The zero-order valence-electron chi connectivity index (χ0n) is 19.1. The second kappa shape index (κ2) is 9.12. The van der Waals surface area contributed by atoms with Gasteiger partial charge in [-0.1, -0.05) is 55.0 Å². The summed E-state index contributed by atoms with van der Waals surface area (Å²) in [6.45, 7) is 0.237. The maximum absolute atomic E-state index is 12.6. The van der Waals surface area contributed by atoms with Crippen LogP contribution in [0.25, 0.3) is 11.1 Å². The maximum atomic E-state index is 12.6. The topological polar surface area (TPSA) is 105 Å². The van der Waals surface area contributed by atoms with Crippen LogP contribution in [0.3, 0.4) is 0 Å². The fourth-order valence-electron chi connectivity index (χ4n) is 5.48. The molecule has 2 amide bonds. The number of benzene rings is 2. The smallest absolute Gasteiger partial charge is 0.407 e. The van der Waals surface area contributed by atoms with E-state index in [1.165, 1.54) is 11.1 Å². The van der Waals surface area contributed by atoms with Crippen LogP contribution in [0.2, 0.25) is 0 Å². The Labute approximate surface area is 198 Å². The molecule has 2 aromatic rings. The Morgan fingerprint density at radius 2 is 1.62 bits per heavy atom. The molecular weight excluding hydrogens is 432 g/mol. The molecule has 0 bridgehead atoms. The van der Waals surface area contributed by atoms with E-state index in [9.17, 15) is 19.5 Å². The number of nitrogens with one attached hydrogen (secondary N) is 2. The van der Waals surface area contributed by atoms with Gasteiger partial charge in [-0.15, -0.1) is 0 Å². The van der Waals surface area contributed by atoms with E-state index in [4.69, 9.17) is 4.74 Å². The lowest BCUT2D eigenvalue weighted by molar-refractivity contribution is -0.143. The highest BCUT2D eigenvalue weighted by atomic mass is 16.5. The maximum Gasteiger partial charge on any atom is 0.407 e. The molecule has 7 heteroatoms. The zero-order chi connectivity index (χ0) is 23.7. The van der Waals surface area contributed by atoms with E-state index in [2.05, 4.69) is 34.9 Å². The number of hydrogen-bond donors (Lipinski definition) is 3. The molecule has 0 heterocycles. The average Bonchev–Trinajstić information content (AvgIpc) is 3.49. The predicted octanol–water partition coefficient (Wildman–Crippen LogP) is 4.21. The normalized spacial score (nSPS) is 22.2. The number of fused-ring (bicyclic) bond motifs is 3. The minimum atomic E-state index is -0.797. The molecule has 2 atom stereocenters. The van der Waals surface area contributed by atoms with E-state index in [1.54, 1.807) is 0 Å². The summed E-state index contributed by atoms with van der Waals surface area (Å²) in [6.07, 6.45) is 3.86. The molecule has 34 heavy (non-hydrogen) atoms. The number of carbonyl (C=O) groups excluding carboxylic acids is 2.